The number of thiophene rings is 1. The highest BCUT2D eigenvalue weighted by Gasteiger charge is 2.37. The van der Waals surface area contributed by atoms with Crippen LogP contribution in [0.5, 0.6) is 0 Å². The average Bonchev–Trinajstić information content (AvgIpc) is 3.02. The van der Waals surface area contributed by atoms with Crippen molar-refractivity contribution in [1.82, 2.24) is 4.90 Å². The molecule has 5 nitrogen and oxygen atoms in total. The summed E-state index contributed by atoms with van der Waals surface area (Å²) in [7, 11) is -3.75. The number of thioether (sulfide) groups is 1. The van der Waals surface area contributed by atoms with Crippen LogP contribution in [0.2, 0.25) is 0 Å². The largest absolute Gasteiger partial charge is 0.294 e. The third-order valence-electron chi connectivity index (χ3n) is 2.65. The highest BCUT2D eigenvalue weighted by Crippen LogP contribution is 2.31. The van der Waals surface area contributed by atoms with E-state index in [2.05, 4.69) is 11.0 Å². The van der Waals surface area contributed by atoms with Crippen LogP contribution in [0.1, 0.15) is 13.3 Å². The van der Waals surface area contributed by atoms with Gasteiger partial charge in [0.2, 0.25) is 5.91 Å². The fourth-order valence-electron chi connectivity index (χ4n) is 1.69. The number of amidine groups is 1. The number of carbonyl (C=O) groups excluding carboxylic acids is 1. The van der Waals surface area contributed by atoms with Gasteiger partial charge in [-0.25, -0.2) is 0 Å². The zero-order chi connectivity index (χ0) is 14.8. The predicted molar refractivity (Wildman–Crippen MR) is 82.5 cm³/mol. The number of carbonyl (C=O) groups is 1. The van der Waals surface area contributed by atoms with Crippen LogP contribution >= 0.6 is 23.1 Å². The Hall–Kier alpha value is -1.12. The lowest BCUT2D eigenvalue weighted by atomic mass is 10.3. The highest BCUT2D eigenvalue weighted by atomic mass is 32.2. The molecule has 2 rings (SSSR count). The van der Waals surface area contributed by atoms with Crippen LogP contribution in [0.25, 0.3) is 0 Å². The number of hydrogen-bond acceptors (Lipinski definition) is 5. The molecule has 0 aliphatic carbocycles. The molecule has 1 aromatic rings. The molecule has 0 N–H and O–H groups in total. The molecule has 0 aromatic carbocycles. The fourth-order valence-corrected chi connectivity index (χ4v) is 4.96. The summed E-state index contributed by atoms with van der Waals surface area (Å²) >= 11 is 2.30. The molecule has 20 heavy (non-hydrogen) atoms. The fraction of sp³-hybridized carbons (Fsp3) is 0.333. The van der Waals surface area contributed by atoms with Gasteiger partial charge in [0.1, 0.15) is 4.21 Å². The summed E-state index contributed by atoms with van der Waals surface area (Å²) in [6, 6.07) is 3.15. The average molecular weight is 330 g/mol. The van der Waals surface area contributed by atoms with E-state index in [0.29, 0.717) is 6.42 Å². The van der Waals surface area contributed by atoms with E-state index in [0.717, 1.165) is 11.3 Å². The number of sulfonamides is 1. The Labute approximate surface area is 126 Å². The molecule has 1 unspecified atom stereocenters. The molecule has 0 bridgehead atoms. The van der Waals surface area contributed by atoms with Gasteiger partial charge in [0, 0.05) is 6.54 Å². The van der Waals surface area contributed by atoms with Crippen molar-refractivity contribution in [1.29, 1.82) is 0 Å². The lowest BCUT2D eigenvalue weighted by molar-refractivity contribution is -0.125. The van der Waals surface area contributed by atoms with Gasteiger partial charge in [-0.2, -0.15) is 8.42 Å². The first kappa shape index (κ1) is 15.3. The van der Waals surface area contributed by atoms with Crippen molar-refractivity contribution in [3.8, 4) is 0 Å². The molecular formula is C12H14N2O3S3. The van der Waals surface area contributed by atoms with Crippen LogP contribution in [0.3, 0.4) is 0 Å². The maximum atomic E-state index is 12.1. The molecule has 1 saturated heterocycles. The summed E-state index contributed by atoms with van der Waals surface area (Å²) in [6.07, 6.45) is 2.19. The van der Waals surface area contributed by atoms with Crippen molar-refractivity contribution >= 4 is 44.2 Å². The Kier molecular flexibility index (Phi) is 4.66. The van der Waals surface area contributed by atoms with Gasteiger partial charge in [-0.15, -0.1) is 22.3 Å². The SMILES string of the molecule is C=CCN1C(=O)C(CC)S/C1=N/S(=O)(=O)c1cccs1. The van der Waals surface area contributed by atoms with E-state index in [1.54, 1.807) is 17.5 Å². The molecular weight excluding hydrogens is 316 g/mol. The molecule has 1 aliphatic heterocycles. The van der Waals surface area contributed by atoms with Gasteiger partial charge < -0.3 is 0 Å². The molecule has 108 valence electrons. The Bertz CT molecular complexity index is 635. The third kappa shape index (κ3) is 2.97. The number of hydrogen-bond donors (Lipinski definition) is 0. The minimum absolute atomic E-state index is 0.113. The maximum absolute atomic E-state index is 12.1. The van der Waals surface area contributed by atoms with Gasteiger partial charge in [0.15, 0.2) is 5.17 Å². The lowest BCUT2D eigenvalue weighted by Gasteiger charge is -2.13. The first-order chi connectivity index (χ1) is 9.49. The van der Waals surface area contributed by atoms with Crippen LogP contribution in [-0.4, -0.2) is 36.2 Å². The molecule has 1 fully saturated rings. The zero-order valence-electron chi connectivity index (χ0n) is 10.9. The second-order valence-electron chi connectivity index (χ2n) is 4.03. The van der Waals surface area contributed by atoms with E-state index in [-0.39, 0.29) is 27.1 Å². The van der Waals surface area contributed by atoms with E-state index in [9.17, 15) is 13.2 Å². The topological polar surface area (TPSA) is 66.8 Å². The quantitative estimate of drug-likeness (QED) is 0.777. The van der Waals surface area contributed by atoms with Gasteiger partial charge in [-0.05, 0) is 17.9 Å². The summed E-state index contributed by atoms with van der Waals surface area (Å²) in [5, 5.41) is 1.64. The van der Waals surface area contributed by atoms with Gasteiger partial charge in [0.25, 0.3) is 10.0 Å². The normalized spacial score (nSPS) is 21.6. The number of rotatable bonds is 5. The Morgan fingerprint density at radius 1 is 1.55 bits per heavy atom. The van der Waals surface area contributed by atoms with Gasteiger partial charge in [-0.3, -0.25) is 9.69 Å². The molecule has 0 spiro atoms. The zero-order valence-corrected chi connectivity index (χ0v) is 13.3. The third-order valence-corrected chi connectivity index (χ3v) is 6.75. The summed E-state index contributed by atoms with van der Waals surface area (Å²) < 4.78 is 28.3. The van der Waals surface area contributed by atoms with Crippen LogP contribution in [0, 0.1) is 0 Å². The van der Waals surface area contributed by atoms with Crippen LogP contribution in [-0.2, 0) is 14.8 Å². The molecule has 1 atom stereocenters. The van der Waals surface area contributed by atoms with Crippen molar-refractivity contribution in [2.24, 2.45) is 4.40 Å². The first-order valence-electron chi connectivity index (χ1n) is 5.97. The smallest absolute Gasteiger partial charge is 0.286 e. The van der Waals surface area contributed by atoms with Crippen molar-refractivity contribution in [3.05, 3.63) is 30.2 Å². The minimum Gasteiger partial charge on any atom is -0.286 e. The summed E-state index contributed by atoms with van der Waals surface area (Å²) in [4.78, 5) is 13.5. The summed E-state index contributed by atoms with van der Waals surface area (Å²) in [5.74, 6) is -0.113. The molecule has 1 aromatic heterocycles. The van der Waals surface area contributed by atoms with Crippen molar-refractivity contribution in [2.45, 2.75) is 22.8 Å². The monoisotopic (exact) mass is 330 g/mol. The molecule has 0 radical (unpaired) electrons. The van der Waals surface area contributed by atoms with Crippen LogP contribution in [0.15, 0.2) is 38.8 Å². The second-order valence-corrected chi connectivity index (χ2v) is 7.98. The van der Waals surface area contributed by atoms with Crippen molar-refractivity contribution < 1.29 is 13.2 Å². The van der Waals surface area contributed by atoms with E-state index in [1.807, 2.05) is 6.92 Å². The predicted octanol–water partition coefficient (Wildman–Crippen LogP) is 2.33. The van der Waals surface area contributed by atoms with Crippen LogP contribution < -0.4 is 0 Å². The molecule has 8 heteroatoms. The van der Waals surface area contributed by atoms with Gasteiger partial charge in [0.05, 0.1) is 5.25 Å². The van der Waals surface area contributed by atoms with E-state index in [4.69, 9.17) is 0 Å². The Morgan fingerprint density at radius 3 is 2.85 bits per heavy atom. The number of nitrogens with zero attached hydrogens (tertiary/aromatic N) is 2. The summed E-state index contributed by atoms with van der Waals surface area (Å²) in [5.41, 5.74) is 0. The number of amides is 1. The second kappa shape index (κ2) is 6.11. The van der Waals surface area contributed by atoms with E-state index >= 15 is 0 Å². The van der Waals surface area contributed by atoms with E-state index in [1.165, 1.54) is 22.7 Å². The molecule has 1 aliphatic rings. The van der Waals surface area contributed by atoms with E-state index < -0.39 is 10.0 Å². The van der Waals surface area contributed by atoms with Crippen molar-refractivity contribution in [3.63, 3.8) is 0 Å². The summed E-state index contributed by atoms with van der Waals surface area (Å²) in [6.45, 7) is 5.74. The van der Waals surface area contributed by atoms with Crippen LogP contribution in [0.4, 0.5) is 0 Å². The highest BCUT2D eigenvalue weighted by molar-refractivity contribution is 8.16. The minimum atomic E-state index is -3.75. The van der Waals surface area contributed by atoms with Gasteiger partial charge in [-0.1, -0.05) is 30.8 Å². The first-order valence-corrected chi connectivity index (χ1v) is 9.17. The lowest BCUT2D eigenvalue weighted by Crippen LogP contribution is -2.32. The molecule has 1 amide bonds. The Morgan fingerprint density at radius 2 is 2.30 bits per heavy atom. The standard InChI is InChI=1S/C12H14N2O3S3/c1-3-7-14-11(15)9(4-2)19-12(14)13-20(16,17)10-6-5-8-18-10/h3,5-6,8-9H,1,4,7H2,2H3/b13-12+. The molecule has 0 saturated carbocycles. The van der Waals surface area contributed by atoms with Crippen molar-refractivity contribution in [2.75, 3.05) is 6.54 Å². The maximum Gasteiger partial charge on any atom is 0.294 e. The Balaban J connectivity index is 2.37. The molecule has 2 heterocycles. The van der Waals surface area contributed by atoms with Gasteiger partial charge >= 0.3 is 0 Å².